The van der Waals surface area contributed by atoms with Crippen molar-refractivity contribution in [3.8, 4) is 0 Å². The first-order valence-corrected chi connectivity index (χ1v) is 11.9. The monoisotopic (exact) mass is 417 g/mol. The summed E-state index contributed by atoms with van der Waals surface area (Å²) in [6.07, 6.45) is 9.37. The van der Waals surface area contributed by atoms with Crippen LogP contribution in [0.25, 0.3) is 0 Å². The quantitative estimate of drug-likeness (QED) is 0.561. The Hall–Kier alpha value is -1.52. The molecule has 3 saturated carbocycles. The molecule has 0 heterocycles. The highest BCUT2D eigenvalue weighted by Crippen LogP contribution is 2.67. The molecular weight excluding hydrogens is 378 g/mol. The Bertz CT molecular complexity index is 753. The molecule has 0 unspecified atom stereocenters. The van der Waals surface area contributed by atoms with Gasteiger partial charge in [0.25, 0.3) is 0 Å². The van der Waals surface area contributed by atoms with Crippen LogP contribution in [0.2, 0.25) is 0 Å². The molecule has 3 fully saturated rings. The fraction of sp³-hybridized carbons (Fsp3) is 0.840. The number of nitrogens with one attached hydrogen (secondary N) is 1. The maximum Gasteiger partial charge on any atom is 0.511 e. The van der Waals surface area contributed by atoms with Gasteiger partial charge in [0.1, 0.15) is 5.76 Å². The van der Waals surface area contributed by atoms with Crippen molar-refractivity contribution in [3.63, 3.8) is 0 Å². The van der Waals surface area contributed by atoms with E-state index in [1.807, 2.05) is 6.08 Å². The van der Waals surface area contributed by atoms with E-state index in [1.54, 1.807) is 0 Å². The minimum absolute atomic E-state index is 0.113. The standard InChI is InChI=1S/C25H39NO4/c1-23(2,3)26-21(27)20-9-8-18-17-7-6-15-14-16(30-22(28)29)10-12-24(15,4)19(17)11-13-25(18,20)5/h10,15,17-20H,6-9,11-14H2,1-5H3,(H,26,27)(H,28,29)/t15-,17-,18-,19-,20+,24-,25-/m0/s1. The van der Waals surface area contributed by atoms with Crippen LogP contribution >= 0.6 is 0 Å². The van der Waals surface area contributed by atoms with E-state index in [9.17, 15) is 9.59 Å². The van der Waals surface area contributed by atoms with Crippen LogP contribution in [0.3, 0.4) is 0 Å². The third-order valence-electron chi connectivity index (χ3n) is 9.32. The molecule has 0 aromatic heterocycles. The summed E-state index contributed by atoms with van der Waals surface area (Å²) in [6, 6.07) is 0. The molecule has 0 radical (unpaired) electrons. The number of carboxylic acid groups (broad SMARTS) is 1. The number of hydrogen-bond acceptors (Lipinski definition) is 3. The molecule has 4 rings (SSSR count). The fourth-order valence-electron chi connectivity index (χ4n) is 7.93. The number of rotatable bonds is 2. The number of allylic oxidation sites excluding steroid dienone is 2. The minimum atomic E-state index is -1.20. The van der Waals surface area contributed by atoms with E-state index < -0.39 is 6.16 Å². The Balaban J connectivity index is 1.53. The van der Waals surface area contributed by atoms with E-state index in [4.69, 9.17) is 9.84 Å². The predicted octanol–water partition coefficient (Wildman–Crippen LogP) is 5.75. The van der Waals surface area contributed by atoms with E-state index in [-0.39, 0.29) is 28.2 Å². The van der Waals surface area contributed by atoms with Crippen LogP contribution < -0.4 is 5.32 Å². The zero-order chi connectivity index (χ0) is 21.9. The average molecular weight is 418 g/mol. The number of carbonyl (C=O) groups excluding carboxylic acids is 1. The van der Waals surface area contributed by atoms with Gasteiger partial charge in [0, 0.05) is 17.9 Å². The maximum absolute atomic E-state index is 13.1. The van der Waals surface area contributed by atoms with Crippen molar-refractivity contribution < 1.29 is 19.4 Å². The first-order valence-electron chi connectivity index (χ1n) is 11.9. The molecule has 0 aromatic rings. The third kappa shape index (κ3) is 3.56. The van der Waals surface area contributed by atoms with Gasteiger partial charge in [-0.05, 0) is 106 Å². The van der Waals surface area contributed by atoms with Crippen LogP contribution in [0.4, 0.5) is 4.79 Å². The summed E-state index contributed by atoms with van der Waals surface area (Å²) in [7, 11) is 0. The molecule has 7 atom stereocenters. The molecular formula is C25H39NO4. The molecule has 2 N–H and O–H groups in total. The van der Waals surface area contributed by atoms with Crippen molar-refractivity contribution in [3.05, 3.63) is 11.8 Å². The first-order chi connectivity index (χ1) is 13.9. The Morgan fingerprint density at radius 3 is 2.43 bits per heavy atom. The second-order valence-corrected chi connectivity index (χ2v) is 12.0. The van der Waals surface area contributed by atoms with E-state index in [1.165, 1.54) is 19.3 Å². The van der Waals surface area contributed by atoms with Crippen molar-refractivity contribution in [2.75, 3.05) is 0 Å². The van der Waals surface area contributed by atoms with Crippen LogP contribution in [-0.2, 0) is 9.53 Å². The SMILES string of the molecule is CC(C)(C)NC(=O)[C@H]1CC[C@H]2[C@@H]3CC[C@H]4CC(OC(=O)O)=CC[C@]4(C)[C@H]3CC[C@]12C. The molecule has 1 amide bonds. The summed E-state index contributed by atoms with van der Waals surface area (Å²) in [5.74, 6) is 3.52. The third-order valence-corrected chi connectivity index (χ3v) is 9.32. The Kier molecular flexibility index (Phi) is 5.26. The van der Waals surface area contributed by atoms with Crippen LogP contribution in [0.15, 0.2) is 11.8 Å². The molecule has 0 bridgehead atoms. The lowest BCUT2D eigenvalue weighted by Crippen LogP contribution is -2.54. The Morgan fingerprint density at radius 2 is 1.77 bits per heavy atom. The molecule has 0 spiro atoms. The minimum Gasteiger partial charge on any atom is -0.449 e. The molecule has 0 saturated heterocycles. The van der Waals surface area contributed by atoms with Crippen molar-refractivity contribution >= 4 is 12.1 Å². The zero-order valence-corrected chi connectivity index (χ0v) is 19.3. The van der Waals surface area contributed by atoms with E-state index in [0.717, 1.165) is 32.1 Å². The number of amides is 1. The van der Waals surface area contributed by atoms with Gasteiger partial charge >= 0.3 is 6.16 Å². The van der Waals surface area contributed by atoms with Crippen LogP contribution in [-0.4, -0.2) is 22.7 Å². The second-order valence-electron chi connectivity index (χ2n) is 12.0. The van der Waals surface area contributed by atoms with Gasteiger partial charge in [0.15, 0.2) is 0 Å². The van der Waals surface area contributed by atoms with Gasteiger partial charge in [0.2, 0.25) is 5.91 Å². The van der Waals surface area contributed by atoms with Gasteiger partial charge in [-0.3, -0.25) is 4.79 Å². The smallest absolute Gasteiger partial charge is 0.449 e. The molecule has 5 nitrogen and oxygen atoms in total. The highest BCUT2D eigenvalue weighted by atomic mass is 16.7. The zero-order valence-electron chi connectivity index (χ0n) is 19.3. The molecule has 168 valence electrons. The Morgan fingerprint density at radius 1 is 1.07 bits per heavy atom. The summed E-state index contributed by atoms with van der Waals surface area (Å²) in [6.45, 7) is 11.0. The van der Waals surface area contributed by atoms with Gasteiger partial charge in [-0.1, -0.05) is 13.8 Å². The Labute approximate surface area is 181 Å². The fourth-order valence-corrected chi connectivity index (χ4v) is 7.93. The van der Waals surface area contributed by atoms with Crippen LogP contribution in [0.1, 0.15) is 86.0 Å². The molecule has 30 heavy (non-hydrogen) atoms. The lowest BCUT2D eigenvalue weighted by atomic mass is 9.45. The summed E-state index contributed by atoms with van der Waals surface area (Å²) in [4.78, 5) is 24.1. The average Bonchev–Trinajstić information content (AvgIpc) is 2.97. The molecule has 0 aliphatic heterocycles. The predicted molar refractivity (Wildman–Crippen MR) is 116 cm³/mol. The van der Waals surface area contributed by atoms with Gasteiger partial charge in [0.05, 0.1) is 0 Å². The lowest BCUT2D eigenvalue weighted by Gasteiger charge is -2.59. The van der Waals surface area contributed by atoms with Gasteiger partial charge in [-0.2, -0.15) is 0 Å². The van der Waals surface area contributed by atoms with E-state index in [2.05, 4.69) is 39.9 Å². The molecule has 0 aromatic carbocycles. The van der Waals surface area contributed by atoms with Crippen molar-refractivity contribution in [2.24, 2.45) is 40.4 Å². The highest BCUT2D eigenvalue weighted by Gasteiger charge is 2.61. The topological polar surface area (TPSA) is 75.6 Å². The summed E-state index contributed by atoms with van der Waals surface area (Å²) < 4.78 is 5.02. The van der Waals surface area contributed by atoms with Crippen molar-refractivity contribution in [1.29, 1.82) is 0 Å². The summed E-state index contributed by atoms with van der Waals surface area (Å²) in [5, 5.41) is 12.2. The number of carbonyl (C=O) groups is 2. The largest absolute Gasteiger partial charge is 0.511 e. The van der Waals surface area contributed by atoms with Crippen LogP contribution in [0.5, 0.6) is 0 Å². The molecule has 4 aliphatic rings. The lowest BCUT2D eigenvalue weighted by molar-refractivity contribution is -0.136. The summed E-state index contributed by atoms with van der Waals surface area (Å²) in [5.41, 5.74) is 0.154. The van der Waals surface area contributed by atoms with Crippen LogP contribution in [0, 0.1) is 40.4 Å². The highest BCUT2D eigenvalue weighted by molar-refractivity contribution is 5.80. The van der Waals surface area contributed by atoms with E-state index in [0.29, 0.717) is 29.4 Å². The number of ether oxygens (including phenoxy) is 1. The first kappa shape index (κ1) is 21.7. The van der Waals surface area contributed by atoms with Crippen molar-refractivity contribution in [1.82, 2.24) is 5.32 Å². The maximum atomic E-state index is 13.1. The van der Waals surface area contributed by atoms with Gasteiger partial charge in [-0.25, -0.2) is 4.79 Å². The number of fused-ring (bicyclic) bond motifs is 5. The van der Waals surface area contributed by atoms with Gasteiger partial charge in [-0.15, -0.1) is 0 Å². The molecule has 4 aliphatic carbocycles. The van der Waals surface area contributed by atoms with Crippen molar-refractivity contribution in [2.45, 2.75) is 91.5 Å². The number of hydrogen-bond donors (Lipinski definition) is 2. The normalized spacial score (nSPS) is 43.0. The second kappa shape index (κ2) is 7.27. The molecule has 5 heteroatoms. The summed E-state index contributed by atoms with van der Waals surface area (Å²) >= 11 is 0. The van der Waals surface area contributed by atoms with Gasteiger partial charge < -0.3 is 15.2 Å². The van der Waals surface area contributed by atoms with E-state index >= 15 is 0 Å².